The summed E-state index contributed by atoms with van der Waals surface area (Å²) >= 11 is 0. The molecule has 0 fully saturated rings. The van der Waals surface area contributed by atoms with Crippen LogP contribution in [0.3, 0.4) is 0 Å². The lowest BCUT2D eigenvalue weighted by molar-refractivity contribution is -0.0276. The minimum absolute atomic E-state index is 0.0992. The zero-order chi connectivity index (χ0) is 19.0. The molecule has 0 saturated heterocycles. The maximum absolute atomic E-state index is 12.0. The van der Waals surface area contributed by atoms with Crippen molar-refractivity contribution in [2.75, 3.05) is 11.9 Å². The van der Waals surface area contributed by atoms with E-state index in [4.69, 9.17) is 10.00 Å². The van der Waals surface area contributed by atoms with Crippen molar-refractivity contribution in [3.63, 3.8) is 0 Å². The van der Waals surface area contributed by atoms with E-state index in [2.05, 4.69) is 16.0 Å². The molecule has 0 bridgehead atoms. The van der Waals surface area contributed by atoms with Crippen molar-refractivity contribution in [1.82, 2.24) is 10.6 Å². The normalized spacial score (nSPS) is 13.8. The summed E-state index contributed by atoms with van der Waals surface area (Å²) in [5.74, 6) is 0.388. The van der Waals surface area contributed by atoms with Crippen LogP contribution in [-0.4, -0.2) is 29.6 Å². The van der Waals surface area contributed by atoms with Gasteiger partial charge in [0.25, 0.3) is 0 Å². The number of carbonyl (C=O) groups excluding carboxylic acids is 1. The van der Waals surface area contributed by atoms with E-state index in [0.717, 1.165) is 0 Å². The van der Waals surface area contributed by atoms with Gasteiger partial charge < -0.3 is 20.5 Å². The highest BCUT2D eigenvalue weighted by Crippen LogP contribution is 2.17. The number of anilines is 1. The Bertz CT molecular complexity index is 772. The number of benzene rings is 2. The maximum Gasteiger partial charge on any atom is 0.320 e. The summed E-state index contributed by atoms with van der Waals surface area (Å²) in [6, 6.07) is 17.4. The van der Waals surface area contributed by atoms with Gasteiger partial charge in [0.15, 0.2) is 0 Å². The number of ether oxygens (including phenoxy) is 1. The molecule has 7 heteroatoms. The molecule has 0 aliphatic heterocycles. The van der Waals surface area contributed by atoms with Crippen molar-refractivity contribution in [2.24, 2.45) is 0 Å². The molecule has 2 atom stereocenters. The van der Waals surface area contributed by atoms with Gasteiger partial charge in [0.2, 0.25) is 0 Å². The molecule has 0 heterocycles. The summed E-state index contributed by atoms with van der Waals surface area (Å²) in [5, 5.41) is 27.7. The van der Waals surface area contributed by atoms with Gasteiger partial charge in [-0.2, -0.15) is 5.26 Å². The molecule has 26 heavy (non-hydrogen) atoms. The average molecular weight is 354 g/mol. The summed E-state index contributed by atoms with van der Waals surface area (Å²) < 4.78 is 5.53. The number of amides is 2. The Labute approximate surface area is 152 Å². The fraction of sp³-hybridized carbons (Fsp3) is 0.263. The molecule has 0 aliphatic rings. The standard InChI is InChI=1S/C19H22N4O3/c1-14(21-18(24)22-16-9-4-3-5-10-16)23-19(2,25)13-26-17-11-7-6-8-15(17)12-20/h3-11,14,23,25H,13H2,1-2H3,(H2,21,22,24). The second-order valence-corrected chi connectivity index (χ2v) is 6.00. The summed E-state index contributed by atoms with van der Waals surface area (Å²) in [7, 11) is 0. The second kappa shape index (κ2) is 8.85. The number of nitrogens with zero attached hydrogens (tertiary/aromatic N) is 1. The van der Waals surface area contributed by atoms with Gasteiger partial charge in [-0.3, -0.25) is 5.32 Å². The second-order valence-electron chi connectivity index (χ2n) is 6.00. The van der Waals surface area contributed by atoms with E-state index in [1.807, 2.05) is 24.3 Å². The predicted octanol–water partition coefficient (Wildman–Crippen LogP) is 2.40. The Morgan fingerprint density at radius 1 is 1.23 bits per heavy atom. The van der Waals surface area contributed by atoms with Crippen LogP contribution in [0.15, 0.2) is 54.6 Å². The van der Waals surface area contributed by atoms with E-state index in [9.17, 15) is 9.90 Å². The summed E-state index contributed by atoms with van der Waals surface area (Å²) in [6.07, 6.45) is -0.525. The van der Waals surface area contributed by atoms with Crippen molar-refractivity contribution in [3.8, 4) is 11.8 Å². The number of hydrogen-bond acceptors (Lipinski definition) is 5. The van der Waals surface area contributed by atoms with Crippen molar-refractivity contribution in [3.05, 3.63) is 60.2 Å². The van der Waals surface area contributed by atoms with Gasteiger partial charge in [-0.05, 0) is 38.1 Å². The molecule has 2 aromatic rings. The molecule has 136 valence electrons. The van der Waals surface area contributed by atoms with Crippen LogP contribution in [-0.2, 0) is 0 Å². The molecule has 4 N–H and O–H groups in total. The first-order chi connectivity index (χ1) is 12.4. The highest BCUT2D eigenvalue weighted by atomic mass is 16.5. The van der Waals surface area contributed by atoms with Gasteiger partial charge >= 0.3 is 6.03 Å². The van der Waals surface area contributed by atoms with Crippen molar-refractivity contribution in [2.45, 2.75) is 25.7 Å². The van der Waals surface area contributed by atoms with Crippen LogP contribution in [0.4, 0.5) is 10.5 Å². The van der Waals surface area contributed by atoms with Crippen molar-refractivity contribution < 1.29 is 14.6 Å². The Balaban J connectivity index is 1.83. The monoisotopic (exact) mass is 354 g/mol. The summed E-state index contributed by atoms with van der Waals surface area (Å²) in [5.41, 5.74) is -0.362. The minimum Gasteiger partial charge on any atom is -0.488 e. The molecular weight excluding hydrogens is 332 g/mol. The predicted molar refractivity (Wildman–Crippen MR) is 98.5 cm³/mol. The largest absolute Gasteiger partial charge is 0.488 e. The molecule has 2 unspecified atom stereocenters. The van der Waals surface area contributed by atoms with Crippen LogP contribution < -0.4 is 20.7 Å². The highest BCUT2D eigenvalue weighted by Gasteiger charge is 2.24. The molecule has 2 amide bonds. The lowest BCUT2D eigenvalue weighted by Gasteiger charge is -2.29. The molecule has 0 aromatic heterocycles. The lowest BCUT2D eigenvalue weighted by atomic mass is 10.2. The van der Waals surface area contributed by atoms with E-state index < -0.39 is 17.9 Å². The zero-order valence-corrected chi connectivity index (χ0v) is 14.7. The maximum atomic E-state index is 12.0. The number of nitriles is 1. The molecular formula is C19H22N4O3. The topological polar surface area (TPSA) is 106 Å². The third kappa shape index (κ3) is 6.09. The number of urea groups is 1. The summed E-state index contributed by atoms with van der Waals surface area (Å²) in [4.78, 5) is 12.0. The van der Waals surface area contributed by atoms with E-state index in [-0.39, 0.29) is 6.61 Å². The van der Waals surface area contributed by atoms with Crippen molar-refractivity contribution in [1.29, 1.82) is 5.26 Å². The zero-order valence-electron chi connectivity index (χ0n) is 14.7. The van der Waals surface area contributed by atoms with Crippen LogP contribution >= 0.6 is 0 Å². The van der Waals surface area contributed by atoms with E-state index in [0.29, 0.717) is 17.0 Å². The van der Waals surface area contributed by atoms with Crippen molar-refractivity contribution >= 4 is 11.7 Å². The molecule has 0 aliphatic carbocycles. The van der Waals surface area contributed by atoms with Crippen LogP contribution in [0.25, 0.3) is 0 Å². The van der Waals surface area contributed by atoms with E-state index in [1.165, 1.54) is 6.92 Å². The number of aliphatic hydroxyl groups is 1. The lowest BCUT2D eigenvalue weighted by Crippen LogP contribution is -2.57. The third-order valence-corrected chi connectivity index (χ3v) is 3.42. The minimum atomic E-state index is -1.41. The van der Waals surface area contributed by atoms with Gasteiger partial charge in [0, 0.05) is 5.69 Å². The smallest absolute Gasteiger partial charge is 0.320 e. The SMILES string of the molecule is CC(NC(=O)Nc1ccccc1)NC(C)(O)COc1ccccc1C#N. The fourth-order valence-corrected chi connectivity index (χ4v) is 2.33. The Hall–Kier alpha value is -3.08. The quantitative estimate of drug-likeness (QED) is 0.571. The Morgan fingerprint density at radius 2 is 1.88 bits per heavy atom. The number of rotatable bonds is 7. The van der Waals surface area contributed by atoms with Gasteiger partial charge in [-0.25, -0.2) is 4.79 Å². The Morgan fingerprint density at radius 3 is 2.58 bits per heavy atom. The average Bonchev–Trinajstić information content (AvgIpc) is 2.60. The first-order valence-corrected chi connectivity index (χ1v) is 8.14. The van der Waals surface area contributed by atoms with E-state index in [1.54, 1.807) is 43.3 Å². The number of hydrogen-bond donors (Lipinski definition) is 4. The molecule has 2 aromatic carbocycles. The first kappa shape index (κ1) is 19.2. The molecule has 0 radical (unpaired) electrons. The van der Waals surface area contributed by atoms with Gasteiger partial charge in [-0.15, -0.1) is 0 Å². The number of nitrogens with one attached hydrogen (secondary N) is 3. The molecule has 2 rings (SSSR count). The molecule has 0 saturated carbocycles. The fourth-order valence-electron chi connectivity index (χ4n) is 2.33. The Kier molecular flexibility index (Phi) is 6.55. The number of para-hydroxylation sites is 2. The van der Waals surface area contributed by atoms with Gasteiger partial charge in [0.1, 0.15) is 24.2 Å². The van der Waals surface area contributed by atoms with Gasteiger partial charge in [-0.1, -0.05) is 30.3 Å². The number of carbonyl (C=O) groups is 1. The van der Waals surface area contributed by atoms with Crippen LogP contribution in [0.1, 0.15) is 19.4 Å². The van der Waals surface area contributed by atoms with E-state index >= 15 is 0 Å². The van der Waals surface area contributed by atoms with Crippen LogP contribution in [0, 0.1) is 11.3 Å². The first-order valence-electron chi connectivity index (χ1n) is 8.14. The van der Waals surface area contributed by atoms with Crippen LogP contribution in [0.5, 0.6) is 5.75 Å². The highest BCUT2D eigenvalue weighted by molar-refractivity contribution is 5.89. The molecule has 0 spiro atoms. The summed E-state index contributed by atoms with van der Waals surface area (Å²) in [6.45, 7) is 3.12. The third-order valence-electron chi connectivity index (χ3n) is 3.42. The van der Waals surface area contributed by atoms with Gasteiger partial charge in [0.05, 0.1) is 11.7 Å². The van der Waals surface area contributed by atoms with Crippen LogP contribution in [0.2, 0.25) is 0 Å². The molecule has 7 nitrogen and oxygen atoms in total.